The van der Waals surface area contributed by atoms with Gasteiger partial charge in [0.1, 0.15) is 23.4 Å². The second kappa shape index (κ2) is 7.74. The Kier molecular flexibility index (Phi) is 4.94. The summed E-state index contributed by atoms with van der Waals surface area (Å²) in [6.07, 6.45) is 5.88. The van der Waals surface area contributed by atoms with Gasteiger partial charge in [-0.15, -0.1) is 0 Å². The summed E-state index contributed by atoms with van der Waals surface area (Å²) in [6.45, 7) is 3.94. The van der Waals surface area contributed by atoms with Crippen LogP contribution < -0.4 is 14.4 Å². The third kappa shape index (κ3) is 4.58. The molecule has 3 fully saturated rings. The number of benzene rings is 2. The quantitative estimate of drug-likeness (QED) is 0.605. The monoisotopic (exact) mass is 391 g/mol. The Morgan fingerprint density at radius 2 is 1.48 bits per heavy atom. The summed E-state index contributed by atoms with van der Waals surface area (Å²) < 4.78 is 11.9. The molecule has 0 N–H and O–H groups in total. The summed E-state index contributed by atoms with van der Waals surface area (Å²) in [5.41, 5.74) is 2.44. The van der Waals surface area contributed by atoms with Crippen LogP contribution >= 0.6 is 0 Å². The van der Waals surface area contributed by atoms with Crippen LogP contribution in [0.3, 0.4) is 0 Å². The summed E-state index contributed by atoms with van der Waals surface area (Å²) in [7, 11) is 0. The maximum atomic E-state index is 12.0. The van der Waals surface area contributed by atoms with Crippen molar-refractivity contribution >= 4 is 11.5 Å². The Hall–Kier alpha value is -2.49. The molecule has 2 aromatic carbocycles. The first-order valence-electron chi connectivity index (χ1n) is 10.9. The fourth-order valence-electron chi connectivity index (χ4n) is 3.90. The molecule has 2 aromatic rings. The minimum absolute atomic E-state index is 0.220. The number of hydrogen-bond donors (Lipinski definition) is 0. The van der Waals surface area contributed by atoms with Crippen LogP contribution in [0.1, 0.15) is 50.5 Å². The summed E-state index contributed by atoms with van der Waals surface area (Å²) in [5, 5.41) is 0. The van der Waals surface area contributed by atoms with Gasteiger partial charge in [0.2, 0.25) is 0 Å². The molecule has 4 heteroatoms. The highest BCUT2D eigenvalue weighted by Gasteiger charge is 2.31. The van der Waals surface area contributed by atoms with Crippen LogP contribution in [-0.4, -0.2) is 31.1 Å². The molecule has 1 heterocycles. The molecule has 29 heavy (non-hydrogen) atoms. The number of ether oxygens (including phenoxy) is 2. The van der Waals surface area contributed by atoms with Crippen molar-refractivity contribution < 1.29 is 14.3 Å². The molecule has 0 amide bonds. The largest absolute Gasteiger partial charge is 0.490 e. The number of nitrogens with zero attached hydrogens (tertiary/aromatic N) is 1. The minimum atomic E-state index is 0.220. The molecule has 0 radical (unpaired) electrons. The van der Waals surface area contributed by atoms with E-state index in [-0.39, 0.29) is 12.0 Å². The molecule has 5 rings (SSSR count). The van der Waals surface area contributed by atoms with Gasteiger partial charge in [-0.1, -0.05) is 19.1 Å². The van der Waals surface area contributed by atoms with Crippen LogP contribution in [0.5, 0.6) is 11.5 Å². The smallest absolute Gasteiger partial charge is 0.136 e. The molecule has 4 nitrogen and oxygen atoms in total. The summed E-state index contributed by atoms with van der Waals surface area (Å²) in [4.78, 5) is 14.4. The van der Waals surface area contributed by atoms with Crippen LogP contribution in [-0.2, 0) is 4.79 Å². The lowest BCUT2D eigenvalue weighted by molar-refractivity contribution is -0.120. The van der Waals surface area contributed by atoms with Crippen LogP contribution in [0.25, 0.3) is 0 Å². The van der Waals surface area contributed by atoms with Crippen molar-refractivity contribution in [3.63, 3.8) is 0 Å². The number of carbonyl (C=O) groups excluding carboxylic acids is 1. The van der Waals surface area contributed by atoms with Gasteiger partial charge in [-0.05, 0) is 73.6 Å². The van der Waals surface area contributed by atoms with Crippen molar-refractivity contribution in [3.05, 3.63) is 54.1 Å². The molecule has 0 spiro atoms. The second-order valence-electron chi connectivity index (χ2n) is 8.87. The molecular weight excluding hydrogens is 362 g/mol. The fraction of sp³-hybridized carbons (Fsp3) is 0.480. The zero-order chi connectivity index (χ0) is 19.8. The molecule has 0 unspecified atom stereocenters. The van der Waals surface area contributed by atoms with Gasteiger partial charge < -0.3 is 14.4 Å². The molecule has 3 aliphatic rings. The highest BCUT2D eigenvalue weighted by Crippen LogP contribution is 2.34. The Labute approximate surface area is 172 Å². The average molecular weight is 392 g/mol. The SMILES string of the molecule is C[C@H](CC(=O)C1CC1)c1ccc(OC2CN(c3ccc(OC4CC4)cc3)C2)cc1. The van der Waals surface area contributed by atoms with Crippen molar-refractivity contribution in [2.45, 2.75) is 57.2 Å². The molecule has 1 saturated heterocycles. The number of anilines is 1. The Bertz CT molecular complexity index is 847. The molecule has 152 valence electrons. The van der Waals surface area contributed by atoms with Crippen LogP contribution in [0.4, 0.5) is 5.69 Å². The van der Waals surface area contributed by atoms with Crippen LogP contribution in [0, 0.1) is 5.92 Å². The van der Waals surface area contributed by atoms with Crippen molar-refractivity contribution in [1.29, 1.82) is 0 Å². The molecule has 0 aromatic heterocycles. The van der Waals surface area contributed by atoms with E-state index in [1.807, 2.05) is 12.1 Å². The minimum Gasteiger partial charge on any atom is -0.490 e. The Balaban J connectivity index is 1.09. The topological polar surface area (TPSA) is 38.8 Å². The first-order valence-corrected chi connectivity index (χ1v) is 10.9. The maximum Gasteiger partial charge on any atom is 0.136 e. The summed E-state index contributed by atoms with van der Waals surface area (Å²) in [6, 6.07) is 16.7. The third-order valence-corrected chi connectivity index (χ3v) is 6.17. The zero-order valence-electron chi connectivity index (χ0n) is 17.0. The first-order chi connectivity index (χ1) is 14.1. The van der Waals surface area contributed by atoms with Crippen molar-refractivity contribution in [2.75, 3.05) is 18.0 Å². The van der Waals surface area contributed by atoms with E-state index in [9.17, 15) is 4.79 Å². The van der Waals surface area contributed by atoms with Crippen molar-refractivity contribution in [1.82, 2.24) is 0 Å². The lowest BCUT2D eigenvalue weighted by atomic mass is 9.94. The van der Waals surface area contributed by atoms with E-state index in [1.165, 1.54) is 24.1 Å². The van der Waals surface area contributed by atoms with E-state index in [2.05, 4.69) is 48.2 Å². The standard InChI is InChI=1S/C25H29NO3/c1-17(14-25(27)19-2-3-19)18-4-8-21(9-5-18)29-24-15-26(16-24)20-6-10-22(11-7-20)28-23-12-13-23/h4-11,17,19,23-24H,2-3,12-16H2,1H3/t17-/m1/s1. The lowest BCUT2D eigenvalue weighted by Crippen LogP contribution is -2.54. The predicted octanol–water partition coefficient (Wildman–Crippen LogP) is 4.97. The highest BCUT2D eigenvalue weighted by molar-refractivity contribution is 5.83. The second-order valence-corrected chi connectivity index (χ2v) is 8.87. The molecule has 1 aliphatic heterocycles. The molecular formula is C25H29NO3. The first kappa shape index (κ1) is 18.5. The van der Waals surface area contributed by atoms with Gasteiger partial charge in [-0.2, -0.15) is 0 Å². The van der Waals surface area contributed by atoms with Crippen molar-refractivity contribution in [2.24, 2.45) is 5.92 Å². The Morgan fingerprint density at radius 3 is 2.07 bits per heavy atom. The molecule has 2 aliphatic carbocycles. The van der Waals surface area contributed by atoms with Crippen molar-refractivity contribution in [3.8, 4) is 11.5 Å². The van der Waals surface area contributed by atoms with Gasteiger partial charge >= 0.3 is 0 Å². The predicted molar refractivity (Wildman–Crippen MR) is 114 cm³/mol. The van der Waals surface area contributed by atoms with Gasteiger partial charge in [0.25, 0.3) is 0 Å². The number of Topliss-reactive ketones (excluding diaryl/α,β-unsaturated/α-hetero) is 1. The highest BCUT2D eigenvalue weighted by atomic mass is 16.5. The van der Waals surface area contributed by atoms with Gasteiger partial charge in [-0.3, -0.25) is 4.79 Å². The molecule has 0 bridgehead atoms. The van der Waals surface area contributed by atoms with E-state index < -0.39 is 0 Å². The lowest BCUT2D eigenvalue weighted by Gasteiger charge is -2.40. The van der Waals surface area contributed by atoms with E-state index >= 15 is 0 Å². The average Bonchev–Trinajstić information content (AvgIpc) is 3.60. The summed E-state index contributed by atoms with van der Waals surface area (Å²) >= 11 is 0. The van der Waals surface area contributed by atoms with E-state index in [1.54, 1.807) is 0 Å². The normalized spacial score (nSPS) is 20.1. The van der Waals surface area contributed by atoms with Crippen LogP contribution in [0.2, 0.25) is 0 Å². The van der Waals surface area contributed by atoms with Gasteiger partial charge in [0.05, 0.1) is 19.2 Å². The zero-order valence-corrected chi connectivity index (χ0v) is 17.0. The number of carbonyl (C=O) groups is 1. The van der Waals surface area contributed by atoms with Gasteiger partial charge in [-0.25, -0.2) is 0 Å². The number of hydrogen-bond acceptors (Lipinski definition) is 4. The molecule has 1 atom stereocenters. The summed E-state index contributed by atoms with van der Waals surface area (Å²) in [5.74, 6) is 2.94. The van der Waals surface area contributed by atoms with E-state index in [0.717, 1.165) is 37.4 Å². The van der Waals surface area contributed by atoms with Gasteiger partial charge in [0, 0.05) is 18.0 Å². The third-order valence-electron chi connectivity index (χ3n) is 6.17. The Morgan fingerprint density at radius 1 is 0.897 bits per heavy atom. The van der Waals surface area contributed by atoms with Crippen LogP contribution in [0.15, 0.2) is 48.5 Å². The maximum absolute atomic E-state index is 12.0. The number of rotatable bonds is 9. The van der Waals surface area contributed by atoms with E-state index in [4.69, 9.17) is 9.47 Å². The van der Waals surface area contributed by atoms with Gasteiger partial charge in [0.15, 0.2) is 0 Å². The number of ketones is 1. The van der Waals surface area contributed by atoms with E-state index in [0.29, 0.717) is 24.2 Å². The fourth-order valence-corrected chi connectivity index (χ4v) is 3.90. The molecule has 2 saturated carbocycles.